The number of anilines is 1. The number of nitriles is 1. The maximum Gasteiger partial charge on any atom is 0.348 e. The number of benzene rings is 1. The molecule has 1 N–H and O–H groups in total. The number of carbonyl (C=O) groups is 2. The van der Waals surface area contributed by atoms with E-state index in [4.69, 9.17) is 9.47 Å². The number of amides is 1. The molecule has 1 aromatic carbocycles. The van der Waals surface area contributed by atoms with Gasteiger partial charge in [-0.15, -0.1) is 11.3 Å². The first-order valence-electron chi connectivity index (χ1n) is 7.35. The number of ether oxygens (including phenoxy) is 2. The lowest BCUT2D eigenvalue weighted by Crippen LogP contribution is -2.20. The third kappa shape index (κ3) is 4.81. The van der Waals surface area contributed by atoms with Gasteiger partial charge in [-0.1, -0.05) is 22.0 Å². The first-order valence-corrected chi connectivity index (χ1v) is 8.96. The summed E-state index contributed by atoms with van der Waals surface area (Å²) >= 11 is 4.34. The lowest BCUT2D eigenvalue weighted by atomic mass is 10.2. The Hall–Kier alpha value is -2.37. The molecule has 0 saturated heterocycles. The van der Waals surface area contributed by atoms with E-state index in [-0.39, 0.29) is 18.8 Å². The molecule has 0 radical (unpaired) electrons. The summed E-state index contributed by atoms with van der Waals surface area (Å²) in [6, 6.07) is 9.11. The minimum Gasteiger partial charge on any atom is -0.484 e. The number of nitrogens with zero attached hydrogens (tertiary/aromatic N) is 1. The van der Waals surface area contributed by atoms with Gasteiger partial charge in [0.25, 0.3) is 5.91 Å². The number of halogens is 1. The number of esters is 1. The average Bonchev–Trinajstić information content (AvgIpc) is 2.89. The molecular formula is C17H15BrN2O4S. The molecule has 0 aliphatic rings. The molecule has 6 nitrogen and oxygen atoms in total. The summed E-state index contributed by atoms with van der Waals surface area (Å²) in [4.78, 5) is 24.3. The summed E-state index contributed by atoms with van der Waals surface area (Å²) in [5, 5.41) is 12.2. The van der Waals surface area contributed by atoms with Crippen LogP contribution in [0.1, 0.15) is 27.7 Å². The molecular weight excluding hydrogens is 408 g/mol. The van der Waals surface area contributed by atoms with Gasteiger partial charge in [0, 0.05) is 4.47 Å². The maximum atomic E-state index is 12.1. The van der Waals surface area contributed by atoms with Crippen molar-refractivity contribution in [3.63, 3.8) is 0 Å². The predicted molar refractivity (Wildman–Crippen MR) is 98.0 cm³/mol. The molecule has 0 spiro atoms. The normalized spacial score (nSPS) is 10.0. The number of thiophene rings is 1. The van der Waals surface area contributed by atoms with Crippen LogP contribution < -0.4 is 10.1 Å². The van der Waals surface area contributed by atoms with Crippen LogP contribution in [0.2, 0.25) is 0 Å². The van der Waals surface area contributed by atoms with E-state index in [0.717, 1.165) is 15.8 Å². The summed E-state index contributed by atoms with van der Waals surface area (Å²) in [7, 11) is 0. The highest BCUT2D eigenvalue weighted by molar-refractivity contribution is 9.10. The fourth-order valence-corrected chi connectivity index (χ4v) is 3.44. The summed E-state index contributed by atoms with van der Waals surface area (Å²) in [5.74, 6) is -0.389. The van der Waals surface area contributed by atoms with Crippen molar-refractivity contribution in [3.8, 4) is 11.8 Å². The fraction of sp³-hybridized carbons (Fsp3) is 0.235. The quantitative estimate of drug-likeness (QED) is 0.713. The molecule has 8 heteroatoms. The number of rotatable bonds is 6. The Bertz CT molecular complexity index is 842. The number of carbonyl (C=O) groups excluding carboxylic acids is 2. The van der Waals surface area contributed by atoms with E-state index in [1.807, 2.05) is 12.1 Å². The van der Waals surface area contributed by atoms with Gasteiger partial charge < -0.3 is 14.8 Å². The van der Waals surface area contributed by atoms with Gasteiger partial charge in [-0.25, -0.2) is 4.79 Å². The molecule has 1 amide bonds. The van der Waals surface area contributed by atoms with Gasteiger partial charge >= 0.3 is 5.97 Å². The summed E-state index contributed by atoms with van der Waals surface area (Å²) in [5.41, 5.74) is 0.748. The number of hydrogen-bond acceptors (Lipinski definition) is 6. The fourth-order valence-electron chi connectivity index (χ4n) is 2.00. The van der Waals surface area contributed by atoms with Crippen LogP contribution in [0, 0.1) is 18.3 Å². The lowest BCUT2D eigenvalue weighted by Gasteiger charge is -2.06. The highest BCUT2D eigenvalue weighted by Gasteiger charge is 2.22. The van der Waals surface area contributed by atoms with Crippen LogP contribution in [0.3, 0.4) is 0 Å². The van der Waals surface area contributed by atoms with E-state index in [0.29, 0.717) is 21.2 Å². The Morgan fingerprint density at radius 1 is 1.40 bits per heavy atom. The second-order valence-electron chi connectivity index (χ2n) is 4.89. The molecule has 0 atom stereocenters. The lowest BCUT2D eigenvalue weighted by molar-refractivity contribution is -0.118. The smallest absolute Gasteiger partial charge is 0.348 e. The van der Waals surface area contributed by atoms with Gasteiger partial charge in [-0.3, -0.25) is 4.79 Å². The summed E-state index contributed by atoms with van der Waals surface area (Å²) in [6.45, 7) is 3.37. The van der Waals surface area contributed by atoms with Gasteiger partial charge in [-0.2, -0.15) is 5.26 Å². The van der Waals surface area contributed by atoms with E-state index >= 15 is 0 Å². The van der Waals surface area contributed by atoms with Crippen molar-refractivity contribution < 1.29 is 19.1 Å². The third-order valence-electron chi connectivity index (χ3n) is 3.14. The number of hydrogen-bond donors (Lipinski definition) is 1. The van der Waals surface area contributed by atoms with Crippen LogP contribution in [-0.4, -0.2) is 25.1 Å². The van der Waals surface area contributed by atoms with Crippen molar-refractivity contribution in [2.45, 2.75) is 13.8 Å². The van der Waals surface area contributed by atoms with Gasteiger partial charge in [-0.05, 0) is 37.6 Å². The van der Waals surface area contributed by atoms with E-state index in [9.17, 15) is 14.9 Å². The van der Waals surface area contributed by atoms with Crippen molar-refractivity contribution in [1.29, 1.82) is 5.26 Å². The second-order valence-corrected chi connectivity index (χ2v) is 6.82. The minimum absolute atomic E-state index is 0.215. The molecule has 0 fully saturated rings. The van der Waals surface area contributed by atoms with Crippen molar-refractivity contribution in [2.24, 2.45) is 0 Å². The summed E-state index contributed by atoms with van der Waals surface area (Å²) in [6.07, 6.45) is 0. The molecule has 0 bridgehead atoms. The molecule has 0 aliphatic carbocycles. The van der Waals surface area contributed by atoms with Crippen LogP contribution in [0.25, 0.3) is 0 Å². The summed E-state index contributed by atoms with van der Waals surface area (Å²) < 4.78 is 11.2. The first-order chi connectivity index (χ1) is 12.0. The Morgan fingerprint density at radius 2 is 2.16 bits per heavy atom. The van der Waals surface area contributed by atoms with E-state index in [1.165, 1.54) is 0 Å². The molecule has 1 aromatic heterocycles. The van der Waals surface area contributed by atoms with Gasteiger partial charge in [0.05, 0.1) is 12.2 Å². The van der Waals surface area contributed by atoms with Crippen molar-refractivity contribution in [2.75, 3.05) is 18.5 Å². The predicted octanol–water partition coefficient (Wildman–Crippen LogP) is 3.88. The number of nitrogens with one attached hydrogen (secondary N) is 1. The van der Waals surface area contributed by atoms with Crippen LogP contribution in [0.15, 0.2) is 28.7 Å². The zero-order valence-corrected chi connectivity index (χ0v) is 16.0. The highest BCUT2D eigenvalue weighted by Crippen LogP contribution is 2.33. The second kappa shape index (κ2) is 8.65. The third-order valence-corrected chi connectivity index (χ3v) is 4.82. The maximum absolute atomic E-state index is 12.1. The van der Waals surface area contributed by atoms with Gasteiger partial charge in [0.1, 0.15) is 21.7 Å². The van der Waals surface area contributed by atoms with Crippen LogP contribution in [-0.2, 0) is 9.53 Å². The van der Waals surface area contributed by atoms with Crippen LogP contribution in [0.4, 0.5) is 5.00 Å². The SMILES string of the molecule is CCOC(=O)c1sc(NC(=O)COc2cccc(Br)c2)c(C#N)c1C. The standard InChI is InChI=1S/C17H15BrN2O4S/c1-3-23-17(22)15-10(2)13(8-19)16(25-15)20-14(21)9-24-12-6-4-5-11(18)7-12/h4-7H,3,9H2,1-2H3,(H,20,21). The molecule has 2 aromatic rings. The molecule has 0 unspecified atom stereocenters. The van der Waals surface area contributed by atoms with E-state index in [1.54, 1.807) is 32.0 Å². The van der Waals surface area contributed by atoms with Crippen molar-refractivity contribution >= 4 is 44.1 Å². The molecule has 0 aliphatic heterocycles. The van der Waals surface area contributed by atoms with Gasteiger partial charge in [0.2, 0.25) is 0 Å². The zero-order valence-electron chi connectivity index (χ0n) is 13.6. The van der Waals surface area contributed by atoms with Crippen LogP contribution in [0.5, 0.6) is 5.75 Å². The Morgan fingerprint density at radius 3 is 2.80 bits per heavy atom. The zero-order chi connectivity index (χ0) is 18.4. The molecule has 2 rings (SSSR count). The average molecular weight is 423 g/mol. The van der Waals surface area contributed by atoms with E-state index in [2.05, 4.69) is 21.2 Å². The van der Waals surface area contributed by atoms with Gasteiger partial charge in [0.15, 0.2) is 6.61 Å². The van der Waals surface area contributed by atoms with E-state index < -0.39 is 11.9 Å². The largest absolute Gasteiger partial charge is 0.484 e. The van der Waals surface area contributed by atoms with Crippen molar-refractivity contribution in [3.05, 3.63) is 44.7 Å². The van der Waals surface area contributed by atoms with Crippen LogP contribution >= 0.6 is 27.3 Å². The Labute approximate surface area is 157 Å². The monoisotopic (exact) mass is 422 g/mol. The molecule has 1 heterocycles. The molecule has 0 saturated carbocycles. The molecule has 130 valence electrons. The Balaban J connectivity index is 2.08. The topological polar surface area (TPSA) is 88.4 Å². The molecule has 25 heavy (non-hydrogen) atoms. The Kier molecular flexibility index (Phi) is 6.56. The minimum atomic E-state index is -0.507. The highest BCUT2D eigenvalue weighted by atomic mass is 79.9. The van der Waals surface area contributed by atoms with Crippen molar-refractivity contribution in [1.82, 2.24) is 0 Å². The first kappa shape index (κ1) is 19.0.